The molecular weight excluding hydrogens is 351 g/mol. The summed E-state index contributed by atoms with van der Waals surface area (Å²) in [4.78, 5) is 26.9. The summed E-state index contributed by atoms with van der Waals surface area (Å²) >= 11 is 0. The van der Waals surface area contributed by atoms with Gasteiger partial charge in [-0.3, -0.25) is 4.79 Å². The number of urea groups is 1. The molecule has 0 saturated carbocycles. The molecule has 0 bridgehead atoms. The molecule has 0 aromatic heterocycles. The third-order valence-electron chi connectivity index (χ3n) is 5.11. The number of hydrogen-bond donors (Lipinski definition) is 2. The van der Waals surface area contributed by atoms with Crippen LogP contribution < -0.4 is 5.32 Å². The highest BCUT2D eigenvalue weighted by molar-refractivity contribution is 5.78. The van der Waals surface area contributed by atoms with Crippen molar-refractivity contribution in [2.45, 2.75) is 45.3 Å². The average Bonchev–Trinajstić information content (AvgIpc) is 3.14. The van der Waals surface area contributed by atoms with Gasteiger partial charge in [-0.1, -0.05) is 13.8 Å². The number of carboxylic acids is 1. The second-order valence-corrected chi connectivity index (χ2v) is 7.78. The van der Waals surface area contributed by atoms with Crippen molar-refractivity contribution < 1.29 is 27.9 Å². The summed E-state index contributed by atoms with van der Waals surface area (Å²) in [5.74, 6) is -4.81. The topological polar surface area (TPSA) is 72.9 Å². The van der Waals surface area contributed by atoms with E-state index in [4.69, 9.17) is 5.11 Å². The van der Waals surface area contributed by atoms with Gasteiger partial charge in [0.15, 0.2) is 0 Å². The Hall–Kier alpha value is -1.51. The maximum atomic E-state index is 13.1. The van der Waals surface area contributed by atoms with Gasteiger partial charge in [0, 0.05) is 25.7 Å². The van der Waals surface area contributed by atoms with Gasteiger partial charge < -0.3 is 20.2 Å². The zero-order valence-corrected chi connectivity index (χ0v) is 15.3. The van der Waals surface area contributed by atoms with Crippen LogP contribution in [0.5, 0.6) is 0 Å². The lowest BCUT2D eigenvalue weighted by molar-refractivity contribution is -0.187. The van der Waals surface area contributed by atoms with E-state index in [0.717, 1.165) is 37.3 Å². The third kappa shape index (κ3) is 5.49. The van der Waals surface area contributed by atoms with E-state index in [-0.39, 0.29) is 6.04 Å². The summed E-state index contributed by atoms with van der Waals surface area (Å²) in [5.41, 5.74) is 0. The predicted molar refractivity (Wildman–Crippen MR) is 89.7 cm³/mol. The highest BCUT2D eigenvalue weighted by Gasteiger charge is 2.53. The predicted octanol–water partition coefficient (Wildman–Crippen LogP) is 2.40. The van der Waals surface area contributed by atoms with E-state index in [1.165, 1.54) is 0 Å². The number of halogens is 3. The van der Waals surface area contributed by atoms with Crippen molar-refractivity contribution in [1.82, 2.24) is 15.1 Å². The summed E-state index contributed by atoms with van der Waals surface area (Å²) in [5, 5.41) is 11.9. The molecule has 2 heterocycles. The van der Waals surface area contributed by atoms with Gasteiger partial charge in [-0.05, 0) is 38.3 Å². The molecule has 2 amide bonds. The van der Waals surface area contributed by atoms with Gasteiger partial charge >= 0.3 is 18.2 Å². The van der Waals surface area contributed by atoms with Crippen LogP contribution in [0.25, 0.3) is 0 Å². The van der Waals surface area contributed by atoms with Crippen molar-refractivity contribution in [3.8, 4) is 0 Å². The number of carboxylic acid groups (broad SMARTS) is 1. The molecule has 0 unspecified atom stereocenters. The van der Waals surface area contributed by atoms with Crippen molar-refractivity contribution in [3.63, 3.8) is 0 Å². The Labute approximate surface area is 151 Å². The van der Waals surface area contributed by atoms with Gasteiger partial charge in [-0.2, -0.15) is 13.2 Å². The van der Waals surface area contributed by atoms with Crippen LogP contribution in [0.3, 0.4) is 0 Å². The zero-order valence-electron chi connectivity index (χ0n) is 15.3. The van der Waals surface area contributed by atoms with E-state index in [1.807, 2.05) is 13.8 Å². The molecule has 3 atom stereocenters. The average molecular weight is 379 g/mol. The molecule has 2 aliphatic rings. The lowest BCUT2D eigenvalue weighted by Gasteiger charge is -2.28. The van der Waals surface area contributed by atoms with Crippen LogP contribution in [0.15, 0.2) is 0 Å². The lowest BCUT2D eigenvalue weighted by Crippen LogP contribution is -2.49. The van der Waals surface area contributed by atoms with Crippen molar-refractivity contribution in [2.24, 2.45) is 17.8 Å². The largest absolute Gasteiger partial charge is 0.481 e. The Kier molecular flexibility index (Phi) is 6.76. The van der Waals surface area contributed by atoms with Gasteiger partial charge in [0.25, 0.3) is 0 Å². The number of nitrogens with zero attached hydrogens (tertiary/aromatic N) is 2. The molecule has 9 heteroatoms. The van der Waals surface area contributed by atoms with Crippen LogP contribution in [0.1, 0.15) is 33.1 Å². The minimum Gasteiger partial charge on any atom is -0.481 e. The quantitative estimate of drug-likeness (QED) is 0.743. The molecule has 6 nitrogen and oxygen atoms in total. The van der Waals surface area contributed by atoms with Crippen LogP contribution in [0, 0.1) is 17.8 Å². The molecule has 2 N–H and O–H groups in total. The molecule has 2 aliphatic heterocycles. The summed E-state index contributed by atoms with van der Waals surface area (Å²) in [6.07, 6.45) is -1.68. The Morgan fingerprint density at radius 3 is 2.27 bits per heavy atom. The monoisotopic (exact) mass is 379 g/mol. The molecule has 2 rings (SSSR count). The first-order valence-electron chi connectivity index (χ1n) is 9.15. The third-order valence-corrected chi connectivity index (χ3v) is 5.11. The number of hydrogen-bond acceptors (Lipinski definition) is 3. The number of carbonyl (C=O) groups excluding carboxylic acids is 1. The zero-order chi connectivity index (χ0) is 19.5. The fourth-order valence-electron chi connectivity index (χ4n) is 3.84. The first kappa shape index (κ1) is 20.8. The SMILES string of the molecule is CC(C)C[C@@H](CN1CCCC1)NC(=O)N1C[C@@H](C(F)(F)F)[C@H](C(=O)O)C1. The molecule has 0 radical (unpaired) electrons. The van der Waals surface area contributed by atoms with Gasteiger partial charge in [0.2, 0.25) is 0 Å². The van der Waals surface area contributed by atoms with Crippen molar-refractivity contribution in [1.29, 1.82) is 0 Å². The molecule has 150 valence electrons. The number of nitrogens with one attached hydrogen (secondary N) is 1. The van der Waals surface area contributed by atoms with Crippen LogP contribution in [-0.4, -0.2) is 71.8 Å². The Morgan fingerprint density at radius 1 is 1.19 bits per heavy atom. The fraction of sp³-hybridized carbons (Fsp3) is 0.882. The number of amides is 2. The number of aliphatic carboxylic acids is 1. The van der Waals surface area contributed by atoms with E-state index in [0.29, 0.717) is 12.5 Å². The number of likely N-dealkylation sites (tertiary alicyclic amines) is 2. The maximum absolute atomic E-state index is 13.1. The second-order valence-electron chi connectivity index (χ2n) is 7.78. The van der Waals surface area contributed by atoms with Crippen LogP contribution in [-0.2, 0) is 4.79 Å². The standard InChI is InChI=1S/C17H28F3N3O3/c1-11(2)7-12(8-22-5-3-4-6-22)21-16(26)23-9-13(15(24)25)14(10-23)17(18,19)20/h11-14H,3-10H2,1-2H3,(H,21,26)(H,24,25)/t12-,13+,14+/m0/s1. The molecule has 26 heavy (non-hydrogen) atoms. The lowest BCUT2D eigenvalue weighted by atomic mass is 9.96. The fourth-order valence-corrected chi connectivity index (χ4v) is 3.84. The Bertz CT molecular complexity index is 507. The molecule has 2 saturated heterocycles. The molecule has 2 fully saturated rings. The van der Waals surface area contributed by atoms with Crippen LogP contribution in [0.4, 0.5) is 18.0 Å². The summed E-state index contributed by atoms with van der Waals surface area (Å²) in [6.45, 7) is 5.63. The van der Waals surface area contributed by atoms with Gasteiger partial charge in [0.05, 0.1) is 11.8 Å². The van der Waals surface area contributed by atoms with Crippen molar-refractivity contribution in [2.75, 3.05) is 32.7 Å². The minimum atomic E-state index is -4.63. The van der Waals surface area contributed by atoms with Crippen LogP contribution in [0.2, 0.25) is 0 Å². The summed E-state index contributed by atoms with van der Waals surface area (Å²) in [6, 6.07) is -0.762. The summed E-state index contributed by atoms with van der Waals surface area (Å²) in [7, 11) is 0. The first-order valence-corrected chi connectivity index (χ1v) is 9.15. The van der Waals surface area contributed by atoms with E-state index < -0.39 is 43.1 Å². The number of rotatable bonds is 6. The van der Waals surface area contributed by atoms with Crippen molar-refractivity contribution in [3.05, 3.63) is 0 Å². The highest BCUT2D eigenvalue weighted by Crippen LogP contribution is 2.37. The molecule has 0 aliphatic carbocycles. The molecule has 0 aromatic rings. The molecular formula is C17H28F3N3O3. The van der Waals surface area contributed by atoms with E-state index in [2.05, 4.69) is 10.2 Å². The maximum Gasteiger partial charge on any atom is 0.394 e. The van der Waals surface area contributed by atoms with Gasteiger partial charge in [0.1, 0.15) is 0 Å². The normalized spacial score (nSPS) is 25.7. The second kappa shape index (κ2) is 8.45. The highest BCUT2D eigenvalue weighted by atomic mass is 19.4. The number of carbonyl (C=O) groups is 2. The van der Waals surface area contributed by atoms with E-state index in [9.17, 15) is 22.8 Å². The van der Waals surface area contributed by atoms with Gasteiger partial charge in [-0.25, -0.2) is 4.79 Å². The first-order chi connectivity index (χ1) is 12.1. The molecule has 0 aromatic carbocycles. The van der Waals surface area contributed by atoms with Crippen LogP contribution >= 0.6 is 0 Å². The smallest absolute Gasteiger partial charge is 0.394 e. The Balaban J connectivity index is 2.00. The Morgan fingerprint density at radius 2 is 1.81 bits per heavy atom. The number of alkyl halides is 3. The summed E-state index contributed by atoms with van der Waals surface area (Å²) < 4.78 is 39.3. The van der Waals surface area contributed by atoms with Crippen molar-refractivity contribution >= 4 is 12.0 Å². The van der Waals surface area contributed by atoms with E-state index in [1.54, 1.807) is 0 Å². The van der Waals surface area contributed by atoms with Gasteiger partial charge in [-0.15, -0.1) is 0 Å². The van der Waals surface area contributed by atoms with E-state index >= 15 is 0 Å². The minimum absolute atomic E-state index is 0.159. The molecule has 0 spiro atoms.